The summed E-state index contributed by atoms with van der Waals surface area (Å²) in [6.07, 6.45) is 2.99. The van der Waals surface area contributed by atoms with Crippen LogP contribution in [0.2, 0.25) is 0 Å². The number of rotatable bonds is 4. The maximum absolute atomic E-state index is 12.1. The number of nitrogens with one attached hydrogen (secondary N) is 1. The van der Waals surface area contributed by atoms with E-state index in [0.29, 0.717) is 25.2 Å². The topological polar surface area (TPSA) is 78.9 Å². The minimum atomic E-state index is -0.907. The molecule has 26 heavy (non-hydrogen) atoms. The Hall–Kier alpha value is -3.28. The van der Waals surface area contributed by atoms with Crippen LogP contribution in [0.4, 0.5) is 10.5 Å². The van der Waals surface area contributed by atoms with Crippen LogP contribution in [0.5, 0.6) is 5.75 Å². The Morgan fingerprint density at radius 2 is 1.92 bits per heavy atom. The molecule has 0 aromatic heterocycles. The fourth-order valence-corrected chi connectivity index (χ4v) is 2.87. The Morgan fingerprint density at radius 3 is 2.62 bits per heavy atom. The molecule has 0 unspecified atom stereocenters. The van der Waals surface area contributed by atoms with E-state index in [1.165, 1.54) is 11.0 Å². The summed E-state index contributed by atoms with van der Waals surface area (Å²) < 4.78 is 5.08. The summed E-state index contributed by atoms with van der Waals surface area (Å²) >= 11 is 0. The second-order valence-electron chi connectivity index (χ2n) is 6.03. The van der Waals surface area contributed by atoms with Crippen LogP contribution in [-0.4, -0.2) is 35.7 Å². The summed E-state index contributed by atoms with van der Waals surface area (Å²) in [7, 11) is 1.59. The van der Waals surface area contributed by atoms with Crippen molar-refractivity contribution in [2.24, 2.45) is 0 Å². The Morgan fingerprint density at radius 1 is 1.15 bits per heavy atom. The van der Waals surface area contributed by atoms with Crippen molar-refractivity contribution in [1.82, 2.24) is 4.90 Å². The summed E-state index contributed by atoms with van der Waals surface area (Å²) in [6.45, 7) is 0.895. The van der Waals surface area contributed by atoms with E-state index in [0.717, 1.165) is 22.4 Å². The molecule has 134 valence electrons. The molecule has 2 amide bonds. The molecule has 0 bridgehead atoms. The van der Waals surface area contributed by atoms with Crippen molar-refractivity contribution in [2.45, 2.75) is 13.0 Å². The van der Waals surface area contributed by atoms with Gasteiger partial charge < -0.3 is 20.1 Å². The molecule has 0 atom stereocenters. The van der Waals surface area contributed by atoms with Crippen LogP contribution in [0.3, 0.4) is 0 Å². The minimum absolute atomic E-state index is 0.236. The summed E-state index contributed by atoms with van der Waals surface area (Å²) in [5.41, 5.74) is 3.68. The van der Waals surface area contributed by atoms with Crippen LogP contribution in [0.1, 0.15) is 16.7 Å². The van der Waals surface area contributed by atoms with Gasteiger partial charge in [-0.1, -0.05) is 12.1 Å². The highest BCUT2D eigenvalue weighted by Crippen LogP contribution is 2.21. The lowest BCUT2D eigenvalue weighted by Gasteiger charge is -2.26. The summed E-state index contributed by atoms with van der Waals surface area (Å²) in [5.74, 6) is 0.489. The highest BCUT2D eigenvalue weighted by Gasteiger charge is 2.19. The van der Waals surface area contributed by atoms with Crippen LogP contribution >= 0.6 is 0 Å². The lowest BCUT2D eigenvalue weighted by Crippen LogP contribution is -2.34. The van der Waals surface area contributed by atoms with E-state index in [1.54, 1.807) is 37.5 Å². The fourth-order valence-electron chi connectivity index (χ4n) is 2.87. The first-order valence-corrected chi connectivity index (χ1v) is 8.28. The van der Waals surface area contributed by atoms with Gasteiger partial charge in [-0.2, -0.15) is 0 Å². The van der Waals surface area contributed by atoms with Crippen molar-refractivity contribution in [3.05, 3.63) is 65.2 Å². The Labute approximate surface area is 151 Å². The number of benzene rings is 2. The Bertz CT molecular complexity index is 843. The largest absolute Gasteiger partial charge is 0.497 e. The van der Waals surface area contributed by atoms with Gasteiger partial charge in [0.05, 0.1) is 7.11 Å². The maximum atomic E-state index is 12.1. The van der Waals surface area contributed by atoms with Crippen LogP contribution in [0.15, 0.2) is 48.5 Å². The third kappa shape index (κ3) is 4.22. The molecule has 0 saturated heterocycles. The second-order valence-corrected chi connectivity index (χ2v) is 6.03. The van der Waals surface area contributed by atoms with Crippen LogP contribution in [-0.2, 0) is 17.8 Å². The van der Waals surface area contributed by atoms with E-state index < -0.39 is 6.09 Å². The number of hydrogen-bond acceptors (Lipinski definition) is 3. The van der Waals surface area contributed by atoms with E-state index in [1.807, 2.05) is 18.2 Å². The first kappa shape index (κ1) is 17.5. The van der Waals surface area contributed by atoms with E-state index in [-0.39, 0.29) is 5.91 Å². The van der Waals surface area contributed by atoms with Gasteiger partial charge in [-0.05, 0) is 59.5 Å². The first-order chi connectivity index (χ1) is 12.5. The van der Waals surface area contributed by atoms with E-state index in [2.05, 4.69) is 5.32 Å². The van der Waals surface area contributed by atoms with Gasteiger partial charge in [0, 0.05) is 24.9 Å². The summed E-state index contributed by atoms with van der Waals surface area (Å²) in [4.78, 5) is 24.6. The maximum Gasteiger partial charge on any atom is 0.407 e. The molecule has 1 aliphatic heterocycles. The van der Waals surface area contributed by atoms with Crippen LogP contribution < -0.4 is 10.1 Å². The quantitative estimate of drug-likeness (QED) is 0.827. The normalized spacial score (nSPS) is 13.3. The number of ether oxygens (including phenoxy) is 1. The smallest absolute Gasteiger partial charge is 0.407 e. The van der Waals surface area contributed by atoms with Gasteiger partial charge in [0.15, 0.2) is 0 Å². The van der Waals surface area contributed by atoms with Crippen LogP contribution in [0, 0.1) is 0 Å². The van der Waals surface area contributed by atoms with Crippen molar-refractivity contribution in [3.63, 3.8) is 0 Å². The monoisotopic (exact) mass is 352 g/mol. The standard InChI is InChI=1S/C20H20N2O4/c1-26-18-7-5-17(6-8-18)21-19(23)9-3-14-2-4-15-10-11-22(20(24)25)13-16(15)12-14/h2-9,12H,10-11,13H2,1H3,(H,21,23)(H,24,25). The molecule has 3 rings (SSSR count). The second kappa shape index (κ2) is 7.74. The number of carbonyl (C=O) groups excluding carboxylic acids is 1. The molecule has 1 heterocycles. The number of carboxylic acid groups (broad SMARTS) is 1. The van der Waals surface area contributed by atoms with E-state index in [9.17, 15) is 9.59 Å². The lowest BCUT2D eigenvalue weighted by atomic mass is 9.97. The molecule has 0 aliphatic carbocycles. The molecule has 6 nitrogen and oxygen atoms in total. The zero-order valence-corrected chi connectivity index (χ0v) is 14.4. The highest BCUT2D eigenvalue weighted by atomic mass is 16.5. The van der Waals surface area contributed by atoms with Gasteiger partial charge in [0.2, 0.25) is 5.91 Å². The zero-order chi connectivity index (χ0) is 18.5. The fraction of sp³-hybridized carbons (Fsp3) is 0.200. The number of fused-ring (bicyclic) bond motifs is 1. The average molecular weight is 352 g/mol. The van der Waals surface area contributed by atoms with Crippen molar-refractivity contribution in [1.29, 1.82) is 0 Å². The Balaban J connectivity index is 1.65. The SMILES string of the molecule is COc1ccc(NC(=O)C=Cc2ccc3c(c2)CN(C(=O)O)CC3)cc1. The first-order valence-electron chi connectivity index (χ1n) is 8.28. The van der Waals surface area contributed by atoms with Gasteiger partial charge in [0.25, 0.3) is 0 Å². The molecule has 0 radical (unpaired) electrons. The van der Waals surface area contributed by atoms with E-state index in [4.69, 9.17) is 9.84 Å². The predicted octanol–water partition coefficient (Wildman–Crippen LogP) is 3.38. The van der Waals surface area contributed by atoms with E-state index >= 15 is 0 Å². The van der Waals surface area contributed by atoms with Gasteiger partial charge in [-0.3, -0.25) is 4.79 Å². The molecular formula is C20H20N2O4. The molecule has 0 fully saturated rings. The highest BCUT2D eigenvalue weighted by molar-refractivity contribution is 6.01. The molecule has 2 aromatic carbocycles. The summed E-state index contributed by atoms with van der Waals surface area (Å²) in [6, 6.07) is 12.9. The number of amides is 2. The van der Waals surface area contributed by atoms with Crippen molar-refractivity contribution >= 4 is 23.8 Å². The van der Waals surface area contributed by atoms with Crippen LogP contribution in [0.25, 0.3) is 6.08 Å². The molecule has 0 saturated carbocycles. The number of anilines is 1. The average Bonchev–Trinajstić information content (AvgIpc) is 2.66. The number of methoxy groups -OCH3 is 1. The van der Waals surface area contributed by atoms with Crippen molar-refractivity contribution in [2.75, 3.05) is 19.0 Å². The molecule has 2 N–H and O–H groups in total. The van der Waals surface area contributed by atoms with Gasteiger partial charge in [-0.15, -0.1) is 0 Å². The number of carbonyl (C=O) groups is 2. The van der Waals surface area contributed by atoms with Crippen molar-refractivity contribution < 1.29 is 19.4 Å². The molecule has 2 aromatic rings. The van der Waals surface area contributed by atoms with Crippen molar-refractivity contribution in [3.8, 4) is 5.75 Å². The zero-order valence-electron chi connectivity index (χ0n) is 14.4. The molecule has 6 heteroatoms. The Kier molecular flexibility index (Phi) is 5.22. The third-order valence-electron chi connectivity index (χ3n) is 4.30. The lowest BCUT2D eigenvalue weighted by molar-refractivity contribution is -0.111. The van der Waals surface area contributed by atoms with Gasteiger partial charge in [0.1, 0.15) is 5.75 Å². The molecular weight excluding hydrogens is 332 g/mol. The number of hydrogen-bond donors (Lipinski definition) is 2. The predicted molar refractivity (Wildman–Crippen MR) is 99.2 cm³/mol. The third-order valence-corrected chi connectivity index (χ3v) is 4.30. The summed E-state index contributed by atoms with van der Waals surface area (Å²) in [5, 5.41) is 11.9. The molecule has 0 spiro atoms. The minimum Gasteiger partial charge on any atom is -0.497 e. The van der Waals surface area contributed by atoms with Gasteiger partial charge >= 0.3 is 6.09 Å². The van der Waals surface area contributed by atoms with Gasteiger partial charge in [-0.25, -0.2) is 4.79 Å². The molecule has 1 aliphatic rings. The number of nitrogens with zero attached hydrogens (tertiary/aromatic N) is 1.